The molecule has 0 aliphatic rings. The maximum absolute atomic E-state index is 11.2. The molecule has 0 saturated heterocycles. The molecule has 1 rings (SSSR count). The Morgan fingerprint density at radius 1 is 1.64 bits per heavy atom. The minimum absolute atomic E-state index is 0.0364. The highest BCUT2D eigenvalue weighted by atomic mass is 16.1. The number of nitrogens with two attached hydrogens (primary N) is 1. The number of carbonyl (C=O) groups excluding carboxylic acids is 1. The highest BCUT2D eigenvalue weighted by molar-refractivity contribution is 5.76. The van der Waals surface area contributed by atoms with E-state index in [1.165, 1.54) is 0 Å². The molecular weight excluding hydrogens is 178 g/mol. The van der Waals surface area contributed by atoms with Crippen LogP contribution in [0.25, 0.3) is 0 Å². The van der Waals surface area contributed by atoms with E-state index >= 15 is 0 Å². The standard InChI is InChI=1S/C10H15N3O/c1-8(13-10(14)5-6-11)9-4-2-3-7-12-9/h2-4,7-8H,5-6,11H2,1H3,(H,13,14). The van der Waals surface area contributed by atoms with Crippen molar-refractivity contribution in [1.82, 2.24) is 10.3 Å². The summed E-state index contributed by atoms with van der Waals surface area (Å²) in [4.78, 5) is 15.4. The van der Waals surface area contributed by atoms with Crippen molar-refractivity contribution in [3.8, 4) is 0 Å². The smallest absolute Gasteiger partial charge is 0.221 e. The monoisotopic (exact) mass is 193 g/mol. The summed E-state index contributed by atoms with van der Waals surface area (Å²) in [5, 5.41) is 2.82. The van der Waals surface area contributed by atoms with Crippen molar-refractivity contribution in [3.05, 3.63) is 30.1 Å². The van der Waals surface area contributed by atoms with Crippen molar-refractivity contribution in [2.45, 2.75) is 19.4 Å². The second-order valence-corrected chi connectivity index (χ2v) is 3.08. The van der Waals surface area contributed by atoms with Gasteiger partial charge in [-0.15, -0.1) is 0 Å². The molecule has 0 fully saturated rings. The first-order valence-corrected chi connectivity index (χ1v) is 4.64. The Hall–Kier alpha value is -1.42. The zero-order chi connectivity index (χ0) is 10.4. The summed E-state index contributed by atoms with van der Waals surface area (Å²) in [6, 6.07) is 5.56. The lowest BCUT2D eigenvalue weighted by Gasteiger charge is -2.12. The van der Waals surface area contributed by atoms with Crippen LogP contribution in [0.5, 0.6) is 0 Å². The fourth-order valence-corrected chi connectivity index (χ4v) is 1.15. The molecule has 1 aromatic heterocycles. The van der Waals surface area contributed by atoms with E-state index in [1.54, 1.807) is 6.20 Å². The fraction of sp³-hybridized carbons (Fsp3) is 0.400. The molecule has 1 unspecified atom stereocenters. The molecule has 0 radical (unpaired) electrons. The van der Waals surface area contributed by atoms with Crippen LogP contribution in [0.1, 0.15) is 25.1 Å². The van der Waals surface area contributed by atoms with Crippen LogP contribution in [0.3, 0.4) is 0 Å². The first-order chi connectivity index (χ1) is 6.74. The lowest BCUT2D eigenvalue weighted by molar-refractivity contribution is -0.121. The Balaban J connectivity index is 2.50. The Morgan fingerprint density at radius 2 is 2.43 bits per heavy atom. The van der Waals surface area contributed by atoms with E-state index < -0.39 is 0 Å². The third kappa shape index (κ3) is 3.14. The average Bonchev–Trinajstić information content (AvgIpc) is 2.19. The van der Waals surface area contributed by atoms with Gasteiger partial charge in [-0.25, -0.2) is 0 Å². The van der Waals surface area contributed by atoms with E-state index in [2.05, 4.69) is 10.3 Å². The van der Waals surface area contributed by atoms with Crippen molar-refractivity contribution in [2.24, 2.45) is 5.73 Å². The first kappa shape index (κ1) is 10.7. The van der Waals surface area contributed by atoms with Gasteiger partial charge in [-0.3, -0.25) is 9.78 Å². The van der Waals surface area contributed by atoms with E-state index in [1.807, 2.05) is 25.1 Å². The van der Waals surface area contributed by atoms with Gasteiger partial charge in [0.05, 0.1) is 11.7 Å². The highest BCUT2D eigenvalue weighted by Gasteiger charge is 2.08. The third-order valence-corrected chi connectivity index (χ3v) is 1.88. The van der Waals surface area contributed by atoms with Gasteiger partial charge < -0.3 is 11.1 Å². The minimum atomic E-state index is -0.0600. The van der Waals surface area contributed by atoms with Gasteiger partial charge in [0.1, 0.15) is 0 Å². The van der Waals surface area contributed by atoms with Crippen molar-refractivity contribution in [2.75, 3.05) is 6.54 Å². The van der Waals surface area contributed by atoms with Crippen LogP contribution < -0.4 is 11.1 Å². The van der Waals surface area contributed by atoms with Crippen molar-refractivity contribution < 1.29 is 4.79 Å². The van der Waals surface area contributed by atoms with Gasteiger partial charge in [-0.05, 0) is 19.1 Å². The molecule has 0 bridgehead atoms. The van der Waals surface area contributed by atoms with E-state index in [9.17, 15) is 4.79 Å². The van der Waals surface area contributed by atoms with E-state index in [0.29, 0.717) is 13.0 Å². The Bertz CT molecular complexity index is 287. The predicted octanol–water partition coefficient (Wildman–Crippen LogP) is 0.608. The summed E-state index contributed by atoms with van der Waals surface area (Å²) in [5.74, 6) is -0.0364. The first-order valence-electron chi connectivity index (χ1n) is 4.64. The maximum atomic E-state index is 11.2. The molecule has 1 aromatic rings. The predicted molar refractivity (Wildman–Crippen MR) is 54.5 cm³/mol. The van der Waals surface area contributed by atoms with Crippen LogP contribution >= 0.6 is 0 Å². The van der Waals surface area contributed by atoms with Crippen molar-refractivity contribution in [3.63, 3.8) is 0 Å². The lowest BCUT2D eigenvalue weighted by atomic mass is 10.2. The van der Waals surface area contributed by atoms with Gasteiger partial charge in [-0.1, -0.05) is 6.07 Å². The van der Waals surface area contributed by atoms with Crippen LogP contribution in [0.2, 0.25) is 0 Å². The molecule has 14 heavy (non-hydrogen) atoms. The number of nitrogens with one attached hydrogen (secondary N) is 1. The summed E-state index contributed by atoms with van der Waals surface area (Å²) < 4.78 is 0. The van der Waals surface area contributed by atoms with Crippen molar-refractivity contribution >= 4 is 5.91 Å². The number of carbonyl (C=O) groups is 1. The van der Waals surface area contributed by atoms with Crippen LogP contribution in [0.15, 0.2) is 24.4 Å². The lowest BCUT2D eigenvalue weighted by Crippen LogP contribution is -2.28. The van der Waals surface area contributed by atoms with E-state index in [-0.39, 0.29) is 11.9 Å². The van der Waals surface area contributed by atoms with Crippen LogP contribution in [0, 0.1) is 0 Å². The molecule has 4 heteroatoms. The summed E-state index contributed by atoms with van der Waals surface area (Å²) in [7, 11) is 0. The van der Waals surface area contributed by atoms with Gasteiger partial charge in [0, 0.05) is 19.2 Å². The van der Waals surface area contributed by atoms with Gasteiger partial charge in [0.2, 0.25) is 5.91 Å². The normalized spacial score (nSPS) is 12.1. The average molecular weight is 193 g/mol. The van der Waals surface area contributed by atoms with Gasteiger partial charge >= 0.3 is 0 Å². The van der Waals surface area contributed by atoms with E-state index in [0.717, 1.165) is 5.69 Å². The largest absolute Gasteiger partial charge is 0.348 e. The van der Waals surface area contributed by atoms with Crippen LogP contribution in [0.4, 0.5) is 0 Å². The fourth-order valence-electron chi connectivity index (χ4n) is 1.15. The van der Waals surface area contributed by atoms with Crippen molar-refractivity contribution in [1.29, 1.82) is 0 Å². The Kier molecular flexibility index (Phi) is 4.07. The molecule has 4 nitrogen and oxygen atoms in total. The number of hydrogen-bond acceptors (Lipinski definition) is 3. The maximum Gasteiger partial charge on any atom is 0.221 e. The SMILES string of the molecule is CC(NC(=O)CCN)c1ccccn1. The summed E-state index contributed by atoms with van der Waals surface area (Å²) in [5.41, 5.74) is 6.13. The Morgan fingerprint density at radius 3 is 3.00 bits per heavy atom. The topological polar surface area (TPSA) is 68.0 Å². The molecule has 0 spiro atoms. The van der Waals surface area contributed by atoms with Crippen LogP contribution in [-0.2, 0) is 4.79 Å². The number of hydrogen-bond donors (Lipinski definition) is 2. The molecule has 3 N–H and O–H groups in total. The number of rotatable bonds is 4. The second-order valence-electron chi connectivity index (χ2n) is 3.08. The quantitative estimate of drug-likeness (QED) is 0.736. The summed E-state index contributed by atoms with van der Waals surface area (Å²) in [6.45, 7) is 2.28. The van der Waals surface area contributed by atoms with Gasteiger partial charge in [0.25, 0.3) is 0 Å². The second kappa shape index (κ2) is 5.34. The number of nitrogens with zero attached hydrogens (tertiary/aromatic N) is 1. The molecule has 1 heterocycles. The highest BCUT2D eigenvalue weighted by Crippen LogP contribution is 2.07. The molecule has 1 atom stereocenters. The minimum Gasteiger partial charge on any atom is -0.348 e. The van der Waals surface area contributed by atoms with Gasteiger partial charge in [-0.2, -0.15) is 0 Å². The van der Waals surface area contributed by atoms with E-state index in [4.69, 9.17) is 5.73 Å². The molecule has 0 aliphatic heterocycles. The summed E-state index contributed by atoms with van der Waals surface area (Å²) in [6.07, 6.45) is 2.07. The third-order valence-electron chi connectivity index (χ3n) is 1.88. The molecular formula is C10H15N3O. The zero-order valence-corrected chi connectivity index (χ0v) is 8.23. The van der Waals surface area contributed by atoms with Crippen LogP contribution in [-0.4, -0.2) is 17.4 Å². The molecule has 0 saturated carbocycles. The number of amides is 1. The molecule has 0 aromatic carbocycles. The van der Waals surface area contributed by atoms with Gasteiger partial charge in [0.15, 0.2) is 0 Å². The zero-order valence-electron chi connectivity index (χ0n) is 8.23. The number of pyridine rings is 1. The number of aromatic nitrogens is 1. The molecule has 0 aliphatic carbocycles. The molecule has 76 valence electrons. The Labute approximate surface area is 83.5 Å². The summed E-state index contributed by atoms with van der Waals surface area (Å²) >= 11 is 0. The molecule has 1 amide bonds.